The van der Waals surface area contributed by atoms with Crippen LogP contribution in [0.25, 0.3) is 0 Å². The molecule has 1 N–H and O–H groups in total. The lowest BCUT2D eigenvalue weighted by Crippen LogP contribution is -2.44. The smallest absolute Gasteiger partial charge is 0.164 e. The average molecular weight is 398 g/mol. The van der Waals surface area contributed by atoms with E-state index in [1.165, 1.54) is 12.1 Å². The number of aliphatic hydroxyl groups is 1. The summed E-state index contributed by atoms with van der Waals surface area (Å²) in [5, 5.41) is 20.2. The SMILES string of the molecule is CN(C)CC(O)CC1(c2ccc(F)cc2)OC(C)(C)OCc2cc(C#N)ccc21. The van der Waals surface area contributed by atoms with Crippen LogP contribution in [0.1, 0.15) is 42.5 Å². The molecule has 0 amide bonds. The molecule has 154 valence electrons. The fourth-order valence-electron chi connectivity index (χ4n) is 3.95. The van der Waals surface area contributed by atoms with Crippen LogP contribution in [-0.2, 0) is 21.7 Å². The molecule has 0 saturated heterocycles. The predicted octanol–water partition coefficient (Wildman–Crippen LogP) is 3.54. The highest BCUT2D eigenvalue weighted by Crippen LogP contribution is 2.45. The number of fused-ring (bicyclic) bond motifs is 1. The second-order valence-electron chi connectivity index (χ2n) is 8.23. The van der Waals surface area contributed by atoms with Crippen molar-refractivity contribution >= 4 is 0 Å². The van der Waals surface area contributed by atoms with E-state index in [-0.39, 0.29) is 18.8 Å². The van der Waals surface area contributed by atoms with Gasteiger partial charge in [-0.1, -0.05) is 18.2 Å². The molecule has 0 aromatic heterocycles. The van der Waals surface area contributed by atoms with Crippen LogP contribution >= 0.6 is 0 Å². The van der Waals surface area contributed by atoms with Gasteiger partial charge in [-0.3, -0.25) is 0 Å². The minimum atomic E-state index is -1.06. The number of likely N-dealkylation sites (N-methyl/N-ethyl adjacent to an activating group) is 1. The topological polar surface area (TPSA) is 65.7 Å². The van der Waals surface area contributed by atoms with Crippen molar-refractivity contribution in [2.45, 2.75) is 44.4 Å². The standard InChI is InChI=1S/C23H27FN2O3/c1-22(2)28-15-17-11-16(13-25)5-10-21(17)23(29-22,12-20(27)14-26(3)4)18-6-8-19(24)9-7-18/h5-11,20,27H,12,14-15H2,1-4H3. The van der Waals surface area contributed by atoms with Gasteiger partial charge in [-0.2, -0.15) is 5.26 Å². The molecular formula is C23H27FN2O3. The van der Waals surface area contributed by atoms with Gasteiger partial charge in [0.05, 0.1) is 24.3 Å². The number of hydrogen-bond donors (Lipinski definition) is 1. The monoisotopic (exact) mass is 398 g/mol. The van der Waals surface area contributed by atoms with Crippen molar-refractivity contribution in [3.63, 3.8) is 0 Å². The van der Waals surface area contributed by atoms with Gasteiger partial charge >= 0.3 is 0 Å². The van der Waals surface area contributed by atoms with Crippen molar-refractivity contribution in [3.05, 3.63) is 70.5 Å². The highest BCUT2D eigenvalue weighted by Gasteiger charge is 2.46. The first kappa shape index (κ1) is 21.4. The Morgan fingerprint density at radius 1 is 1.21 bits per heavy atom. The molecule has 0 spiro atoms. The minimum Gasteiger partial charge on any atom is -0.392 e. The van der Waals surface area contributed by atoms with Crippen LogP contribution in [0.4, 0.5) is 4.39 Å². The van der Waals surface area contributed by atoms with Crippen molar-refractivity contribution in [3.8, 4) is 6.07 Å². The van der Waals surface area contributed by atoms with Gasteiger partial charge in [0, 0.05) is 13.0 Å². The molecule has 2 unspecified atom stereocenters. The van der Waals surface area contributed by atoms with Gasteiger partial charge in [0.2, 0.25) is 0 Å². The third-order valence-corrected chi connectivity index (χ3v) is 5.07. The molecule has 29 heavy (non-hydrogen) atoms. The Kier molecular flexibility index (Phi) is 6.06. The van der Waals surface area contributed by atoms with Crippen molar-refractivity contribution < 1.29 is 19.0 Å². The molecule has 0 radical (unpaired) electrons. The van der Waals surface area contributed by atoms with E-state index in [0.29, 0.717) is 12.1 Å². The molecule has 3 rings (SSSR count). The first-order valence-corrected chi connectivity index (χ1v) is 9.62. The maximum Gasteiger partial charge on any atom is 0.164 e. The highest BCUT2D eigenvalue weighted by molar-refractivity contribution is 5.46. The van der Waals surface area contributed by atoms with Crippen LogP contribution in [0.5, 0.6) is 0 Å². The number of hydrogen-bond acceptors (Lipinski definition) is 5. The first-order chi connectivity index (χ1) is 13.6. The van der Waals surface area contributed by atoms with Gasteiger partial charge in [-0.25, -0.2) is 4.39 Å². The Labute approximate surface area is 171 Å². The maximum atomic E-state index is 13.7. The molecule has 0 fully saturated rings. The molecule has 0 bridgehead atoms. The lowest BCUT2D eigenvalue weighted by Gasteiger charge is -2.41. The minimum absolute atomic E-state index is 0.252. The van der Waals surface area contributed by atoms with E-state index in [0.717, 1.165) is 16.7 Å². The van der Waals surface area contributed by atoms with E-state index in [1.54, 1.807) is 24.3 Å². The third-order valence-electron chi connectivity index (χ3n) is 5.07. The Balaban J connectivity index is 2.23. The number of nitrogens with zero attached hydrogens (tertiary/aromatic N) is 2. The van der Waals surface area contributed by atoms with Gasteiger partial charge in [0.15, 0.2) is 5.79 Å². The van der Waals surface area contributed by atoms with Crippen molar-refractivity contribution in [1.82, 2.24) is 4.90 Å². The molecular weight excluding hydrogens is 371 g/mol. The fraction of sp³-hybridized carbons (Fsp3) is 0.435. The van der Waals surface area contributed by atoms with Crippen LogP contribution in [0, 0.1) is 17.1 Å². The molecule has 0 aliphatic carbocycles. The van der Waals surface area contributed by atoms with Gasteiger partial charge in [-0.15, -0.1) is 0 Å². The van der Waals surface area contributed by atoms with Gasteiger partial charge in [0.25, 0.3) is 0 Å². The van der Waals surface area contributed by atoms with Crippen LogP contribution in [-0.4, -0.2) is 42.5 Å². The zero-order chi connectivity index (χ0) is 21.2. The summed E-state index contributed by atoms with van der Waals surface area (Å²) in [4.78, 5) is 1.90. The quantitative estimate of drug-likeness (QED) is 0.835. The molecule has 2 aromatic rings. The summed E-state index contributed by atoms with van der Waals surface area (Å²) in [6.45, 7) is 4.35. The molecule has 6 heteroatoms. The summed E-state index contributed by atoms with van der Waals surface area (Å²) in [7, 11) is 3.78. The van der Waals surface area contributed by atoms with Crippen LogP contribution in [0.3, 0.4) is 0 Å². The summed E-state index contributed by atoms with van der Waals surface area (Å²) in [6, 6.07) is 13.7. The number of benzene rings is 2. The van der Waals surface area contributed by atoms with Crippen molar-refractivity contribution in [2.75, 3.05) is 20.6 Å². The van der Waals surface area contributed by atoms with E-state index in [4.69, 9.17) is 9.47 Å². The van der Waals surface area contributed by atoms with E-state index < -0.39 is 17.5 Å². The molecule has 5 nitrogen and oxygen atoms in total. The third kappa shape index (κ3) is 4.65. The van der Waals surface area contributed by atoms with E-state index in [2.05, 4.69) is 6.07 Å². The normalized spacial score (nSPS) is 21.9. The second-order valence-corrected chi connectivity index (χ2v) is 8.23. The van der Waals surface area contributed by atoms with Crippen molar-refractivity contribution in [1.29, 1.82) is 5.26 Å². The van der Waals surface area contributed by atoms with Gasteiger partial charge in [-0.05, 0) is 68.9 Å². The van der Waals surface area contributed by atoms with E-state index in [9.17, 15) is 14.8 Å². The van der Waals surface area contributed by atoms with Crippen LogP contribution in [0.2, 0.25) is 0 Å². The summed E-state index contributed by atoms with van der Waals surface area (Å²) < 4.78 is 26.2. The maximum absolute atomic E-state index is 13.7. The number of halogens is 1. The van der Waals surface area contributed by atoms with Gasteiger partial charge in [0.1, 0.15) is 11.4 Å². The summed E-state index contributed by atoms with van der Waals surface area (Å²) in [5.74, 6) is -1.31. The second kappa shape index (κ2) is 8.21. The predicted molar refractivity (Wildman–Crippen MR) is 107 cm³/mol. The summed E-state index contributed by atoms with van der Waals surface area (Å²) >= 11 is 0. The Bertz CT molecular complexity index is 905. The van der Waals surface area contributed by atoms with Crippen LogP contribution in [0.15, 0.2) is 42.5 Å². The molecule has 2 atom stereocenters. The zero-order valence-electron chi connectivity index (χ0n) is 17.3. The van der Waals surface area contributed by atoms with Crippen LogP contribution < -0.4 is 0 Å². The molecule has 1 aliphatic rings. The largest absolute Gasteiger partial charge is 0.392 e. The number of aliphatic hydroxyl groups excluding tert-OH is 1. The average Bonchev–Trinajstić information content (AvgIpc) is 2.75. The van der Waals surface area contributed by atoms with Crippen molar-refractivity contribution in [2.24, 2.45) is 0 Å². The number of rotatable bonds is 5. The van der Waals surface area contributed by atoms with E-state index in [1.807, 2.05) is 38.9 Å². The summed E-state index contributed by atoms with van der Waals surface area (Å²) in [6.07, 6.45) is -0.449. The lowest BCUT2D eigenvalue weighted by atomic mass is 9.78. The molecule has 1 heterocycles. The Morgan fingerprint density at radius 2 is 1.90 bits per heavy atom. The highest BCUT2D eigenvalue weighted by atomic mass is 19.1. The molecule has 2 aromatic carbocycles. The summed E-state index contributed by atoms with van der Waals surface area (Å²) in [5.41, 5.74) is 1.81. The zero-order valence-corrected chi connectivity index (χ0v) is 17.3. The Hall–Kier alpha value is -2.30. The lowest BCUT2D eigenvalue weighted by molar-refractivity contribution is -0.266. The van der Waals surface area contributed by atoms with E-state index >= 15 is 0 Å². The number of nitriles is 1. The first-order valence-electron chi connectivity index (χ1n) is 9.62. The molecule has 0 saturated carbocycles. The molecule has 1 aliphatic heterocycles. The Morgan fingerprint density at radius 3 is 2.52 bits per heavy atom. The van der Waals surface area contributed by atoms with Gasteiger partial charge < -0.3 is 19.5 Å². The number of ether oxygens (including phenoxy) is 2. The fourth-order valence-corrected chi connectivity index (χ4v) is 3.95.